The van der Waals surface area contributed by atoms with Crippen LogP contribution < -0.4 is 5.32 Å². The molecule has 0 aromatic heterocycles. The van der Waals surface area contributed by atoms with Crippen LogP contribution in [-0.2, 0) is 4.79 Å². The summed E-state index contributed by atoms with van der Waals surface area (Å²) in [6.07, 6.45) is 0. The van der Waals surface area contributed by atoms with Crippen LogP contribution in [0.15, 0.2) is 10.2 Å². The zero-order valence-electron chi connectivity index (χ0n) is 4.63. The maximum atomic E-state index is 10.5. The number of rotatable bonds is 1. The molecule has 0 saturated carbocycles. The monoisotopic (exact) mass is 143 g/mol. The molecule has 1 aliphatic rings. The van der Waals surface area contributed by atoms with Crippen LogP contribution in [-0.4, -0.2) is 23.5 Å². The van der Waals surface area contributed by atoms with Gasteiger partial charge in [-0.05, 0) is 0 Å². The van der Waals surface area contributed by atoms with Crippen LogP contribution in [0, 0.1) is 0 Å². The molecule has 1 saturated heterocycles. The second-order valence-electron chi connectivity index (χ2n) is 1.38. The zero-order chi connectivity index (χ0) is 6.69. The smallest absolute Gasteiger partial charge is 0.236 e. The van der Waals surface area contributed by atoms with Gasteiger partial charge in [-0.1, -0.05) is 11.8 Å². The number of hydrogen-bond acceptors (Lipinski definition) is 4. The Labute approximate surface area is 56.4 Å². The summed E-state index contributed by atoms with van der Waals surface area (Å²) >= 11 is 1.33. The fourth-order valence-electron chi connectivity index (χ4n) is 0.443. The summed E-state index contributed by atoms with van der Waals surface area (Å²) in [5, 5.41) is 9.82. The van der Waals surface area contributed by atoms with Crippen LogP contribution in [0.25, 0.3) is 0 Å². The molecule has 1 N–H and O–H groups in total. The average Bonchev–Trinajstić information content (AvgIpc) is 2.17. The lowest BCUT2D eigenvalue weighted by molar-refractivity contribution is -0.116. The molecule has 1 rings (SSSR count). The van der Waals surface area contributed by atoms with Crippen molar-refractivity contribution in [1.29, 1.82) is 0 Å². The molecule has 0 radical (unpaired) electrons. The summed E-state index contributed by atoms with van der Waals surface area (Å²) in [4.78, 5) is 10.5. The first-order chi connectivity index (χ1) is 4.33. The minimum Gasteiger partial charge on any atom is -0.303 e. The van der Waals surface area contributed by atoms with Gasteiger partial charge >= 0.3 is 0 Å². The maximum absolute atomic E-state index is 10.5. The van der Waals surface area contributed by atoms with Crippen LogP contribution in [0.1, 0.15) is 0 Å². The highest BCUT2D eigenvalue weighted by molar-refractivity contribution is 8.15. The van der Waals surface area contributed by atoms with Crippen molar-refractivity contribution < 1.29 is 4.79 Å². The minimum atomic E-state index is -0.0256. The van der Waals surface area contributed by atoms with Crippen LogP contribution in [0.2, 0.25) is 0 Å². The lowest BCUT2D eigenvalue weighted by atomic mass is 10.7. The van der Waals surface area contributed by atoms with Gasteiger partial charge in [0.2, 0.25) is 5.91 Å². The Kier molecular flexibility index (Phi) is 1.84. The molecule has 1 aliphatic heterocycles. The topological polar surface area (TPSA) is 53.8 Å². The maximum Gasteiger partial charge on any atom is 0.236 e. The van der Waals surface area contributed by atoms with E-state index in [0.29, 0.717) is 10.9 Å². The molecule has 0 bridgehead atoms. The van der Waals surface area contributed by atoms with Gasteiger partial charge in [0.15, 0.2) is 5.17 Å². The van der Waals surface area contributed by atoms with Gasteiger partial charge in [0.1, 0.15) is 0 Å². The molecule has 1 fully saturated rings. The summed E-state index contributed by atoms with van der Waals surface area (Å²) in [6, 6.07) is 0. The van der Waals surface area contributed by atoms with Gasteiger partial charge in [-0.15, -0.1) is 5.10 Å². The zero-order valence-corrected chi connectivity index (χ0v) is 5.44. The largest absolute Gasteiger partial charge is 0.303 e. The van der Waals surface area contributed by atoms with Crippen molar-refractivity contribution in [3.05, 3.63) is 0 Å². The SMILES string of the molecule is C=N/N=C1\NC(=O)CS1. The van der Waals surface area contributed by atoms with Gasteiger partial charge in [-0.2, -0.15) is 5.10 Å². The predicted octanol–water partition coefficient (Wildman–Crippen LogP) is -0.179. The van der Waals surface area contributed by atoms with E-state index in [9.17, 15) is 4.79 Å². The summed E-state index contributed by atoms with van der Waals surface area (Å²) in [6.45, 7) is 3.15. The summed E-state index contributed by atoms with van der Waals surface area (Å²) in [7, 11) is 0. The number of carbonyl (C=O) groups excluding carboxylic acids is 1. The summed E-state index contributed by atoms with van der Waals surface area (Å²) < 4.78 is 0. The number of nitrogens with zero attached hydrogens (tertiary/aromatic N) is 2. The van der Waals surface area contributed by atoms with Crippen molar-refractivity contribution in [2.45, 2.75) is 0 Å². The molecule has 0 unspecified atom stereocenters. The van der Waals surface area contributed by atoms with E-state index in [2.05, 4.69) is 22.2 Å². The molecular weight excluding hydrogens is 138 g/mol. The Morgan fingerprint density at radius 3 is 3.00 bits per heavy atom. The first-order valence-corrected chi connectivity index (χ1v) is 3.28. The molecule has 5 heteroatoms. The number of amides is 1. The molecule has 4 nitrogen and oxygen atoms in total. The molecule has 1 amide bonds. The number of carbonyl (C=O) groups is 1. The van der Waals surface area contributed by atoms with Gasteiger partial charge in [0.05, 0.1) is 5.75 Å². The fraction of sp³-hybridized carbons (Fsp3) is 0.250. The Bertz CT molecular complexity index is 177. The first-order valence-electron chi connectivity index (χ1n) is 2.29. The third kappa shape index (κ3) is 1.53. The van der Waals surface area contributed by atoms with Gasteiger partial charge in [-0.25, -0.2) is 0 Å². The van der Waals surface area contributed by atoms with Gasteiger partial charge in [-0.3, -0.25) is 4.79 Å². The fourth-order valence-corrected chi connectivity index (χ4v) is 1.08. The highest BCUT2D eigenvalue weighted by atomic mass is 32.2. The summed E-state index contributed by atoms with van der Waals surface area (Å²) in [5.74, 6) is 0.413. The lowest BCUT2D eigenvalue weighted by Crippen LogP contribution is -2.19. The van der Waals surface area contributed by atoms with Crippen LogP contribution in [0.4, 0.5) is 0 Å². The van der Waals surface area contributed by atoms with E-state index in [4.69, 9.17) is 0 Å². The van der Waals surface area contributed by atoms with Crippen molar-refractivity contribution in [2.24, 2.45) is 10.2 Å². The van der Waals surface area contributed by atoms with Crippen molar-refractivity contribution in [2.75, 3.05) is 5.75 Å². The van der Waals surface area contributed by atoms with Crippen molar-refractivity contribution >= 4 is 29.6 Å². The molecule has 0 aromatic carbocycles. The quantitative estimate of drug-likeness (QED) is 0.409. The third-order valence-corrected chi connectivity index (χ3v) is 1.61. The Hall–Kier alpha value is -0.840. The van der Waals surface area contributed by atoms with E-state index < -0.39 is 0 Å². The summed E-state index contributed by atoms with van der Waals surface area (Å²) in [5.41, 5.74) is 0. The van der Waals surface area contributed by atoms with Crippen LogP contribution in [0.5, 0.6) is 0 Å². The molecule has 0 atom stereocenters. The third-order valence-electron chi connectivity index (χ3n) is 0.748. The van der Waals surface area contributed by atoms with Gasteiger partial charge in [0, 0.05) is 6.72 Å². The standard InChI is InChI=1S/C4H5N3OS/c1-5-7-4-6-3(8)2-9-4/h1-2H2,(H,6,7,8). The highest BCUT2D eigenvalue weighted by Crippen LogP contribution is 2.07. The van der Waals surface area contributed by atoms with Crippen LogP contribution in [0.3, 0.4) is 0 Å². The molecule has 1 heterocycles. The minimum absolute atomic E-state index is 0.0256. The molecule has 0 spiro atoms. The Balaban J connectivity index is 2.57. The Morgan fingerprint density at radius 1 is 1.78 bits per heavy atom. The van der Waals surface area contributed by atoms with E-state index in [1.165, 1.54) is 11.8 Å². The molecular formula is C4H5N3OS. The molecule has 0 aromatic rings. The number of nitrogens with one attached hydrogen (secondary N) is 1. The number of amidine groups is 1. The average molecular weight is 143 g/mol. The van der Waals surface area contributed by atoms with E-state index in [1.54, 1.807) is 0 Å². The van der Waals surface area contributed by atoms with Gasteiger partial charge in [0.25, 0.3) is 0 Å². The van der Waals surface area contributed by atoms with E-state index in [1.807, 2.05) is 0 Å². The first kappa shape index (κ1) is 6.28. The highest BCUT2D eigenvalue weighted by Gasteiger charge is 2.15. The molecule has 0 aliphatic carbocycles. The van der Waals surface area contributed by atoms with Gasteiger partial charge < -0.3 is 5.32 Å². The van der Waals surface area contributed by atoms with Crippen molar-refractivity contribution in [3.8, 4) is 0 Å². The van der Waals surface area contributed by atoms with Crippen molar-refractivity contribution in [3.63, 3.8) is 0 Å². The van der Waals surface area contributed by atoms with Crippen LogP contribution >= 0.6 is 11.8 Å². The predicted molar refractivity (Wildman–Crippen MR) is 37.6 cm³/mol. The second-order valence-corrected chi connectivity index (χ2v) is 2.35. The molecule has 9 heavy (non-hydrogen) atoms. The Morgan fingerprint density at radius 2 is 2.56 bits per heavy atom. The van der Waals surface area contributed by atoms with E-state index in [0.717, 1.165) is 0 Å². The lowest BCUT2D eigenvalue weighted by Gasteiger charge is -1.86. The number of hydrogen-bond donors (Lipinski definition) is 1. The molecule has 48 valence electrons. The number of thioether (sulfide) groups is 1. The van der Waals surface area contributed by atoms with E-state index >= 15 is 0 Å². The van der Waals surface area contributed by atoms with E-state index in [-0.39, 0.29) is 5.91 Å². The normalized spacial score (nSPS) is 22.2. The second kappa shape index (κ2) is 2.63. The van der Waals surface area contributed by atoms with Crippen molar-refractivity contribution in [1.82, 2.24) is 5.32 Å².